The molecule has 0 aliphatic rings. The van der Waals surface area contributed by atoms with Crippen molar-refractivity contribution in [2.24, 2.45) is 0 Å². The molecule has 0 bridgehead atoms. The Balaban J connectivity index is 3.02. The number of carboxylic acids is 1. The van der Waals surface area contributed by atoms with Crippen molar-refractivity contribution < 1.29 is 9.90 Å². The van der Waals surface area contributed by atoms with Gasteiger partial charge in [-0.1, -0.05) is 13.3 Å². The van der Waals surface area contributed by atoms with Gasteiger partial charge in [-0.15, -0.1) is 0 Å². The fourth-order valence-corrected chi connectivity index (χ4v) is 2.06. The van der Waals surface area contributed by atoms with Gasteiger partial charge in [0.05, 0.1) is 0 Å². The number of nitrogens with two attached hydrogens (primary N) is 1. The van der Waals surface area contributed by atoms with E-state index in [1.54, 1.807) is 11.9 Å². The van der Waals surface area contributed by atoms with Crippen LogP contribution in [0.25, 0.3) is 0 Å². The molecule has 1 heterocycles. The molecular weight excluding hydrogens is 276 g/mol. The molecule has 0 unspecified atom stereocenters. The highest BCUT2D eigenvalue weighted by molar-refractivity contribution is 5.67. The van der Waals surface area contributed by atoms with E-state index in [9.17, 15) is 14.4 Å². The molecule has 1 aromatic rings. The number of rotatable bonds is 8. The predicted molar refractivity (Wildman–Crippen MR) is 80.8 cm³/mol. The maximum Gasteiger partial charge on any atom is 0.330 e. The van der Waals surface area contributed by atoms with Gasteiger partial charge in [-0.25, -0.2) is 4.79 Å². The van der Waals surface area contributed by atoms with Gasteiger partial charge in [-0.3, -0.25) is 19.1 Å². The number of carbonyl (C=O) groups is 1. The fraction of sp³-hybridized carbons (Fsp3) is 0.615. The SMILES string of the molecule is CCCCn1c(N)c(N(C)CCCC(=O)O)c(=O)[nH]c1=O. The number of unbranched alkanes of at least 4 members (excludes halogenated alkanes) is 1. The van der Waals surface area contributed by atoms with E-state index in [2.05, 4.69) is 4.98 Å². The molecule has 0 fully saturated rings. The van der Waals surface area contributed by atoms with Gasteiger partial charge in [0.2, 0.25) is 0 Å². The molecule has 4 N–H and O–H groups in total. The number of H-pyrrole nitrogens is 1. The number of aromatic nitrogens is 2. The second-order valence-corrected chi connectivity index (χ2v) is 4.92. The largest absolute Gasteiger partial charge is 0.481 e. The first kappa shape index (κ1) is 16.8. The number of nitrogens with one attached hydrogen (secondary N) is 1. The normalized spacial score (nSPS) is 10.6. The highest BCUT2D eigenvalue weighted by Gasteiger charge is 2.15. The maximum absolute atomic E-state index is 11.9. The molecule has 0 aromatic carbocycles. The summed E-state index contributed by atoms with van der Waals surface area (Å²) in [5, 5.41) is 8.63. The summed E-state index contributed by atoms with van der Waals surface area (Å²) in [5.74, 6) is -0.770. The molecule has 118 valence electrons. The van der Waals surface area contributed by atoms with Crippen LogP contribution < -0.4 is 21.9 Å². The van der Waals surface area contributed by atoms with E-state index in [0.29, 0.717) is 19.5 Å². The molecule has 0 amide bonds. The van der Waals surface area contributed by atoms with Crippen LogP contribution in [0.2, 0.25) is 0 Å². The van der Waals surface area contributed by atoms with Crippen LogP contribution in [0.3, 0.4) is 0 Å². The third-order valence-electron chi connectivity index (χ3n) is 3.22. The number of nitrogen functional groups attached to an aromatic ring is 1. The number of hydrogen-bond acceptors (Lipinski definition) is 5. The smallest absolute Gasteiger partial charge is 0.330 e. The standard InChI is InChI=1S/C13H22N4O4/c1-3-4-8-17-11(14)10(12(20)15-13(17)21)16(2)7-5-6-9(18)19/h3-8,14H2,1-2H3,(H,18,19)(H,15,20,21). The molecule has 0 aliphatic carbocycles. The molecule has 0 atom stereocenters. The van der Waals surface area contributed by atoms with E-state index >= 15 is 0 Å². The van der Waals surface area contributed by atoms with Crippen LogP contribution in [0.5, 0.6) is 0 Å². The minimum atomic E-state index is -0.891. The minimum Gasteiger partial charge on any atom is -0.481 e. The second kappa shape index (κ2) is 7.51. The summed E-state index contributed by atoms with van der Waals surface area (Å²) in [7, 11) is 1.65. The zero-order valence-corrected chi connectivity index (χ0v) is 12.4. The van der Waals surface area contributed by atoms with Gasteiger partial charge in [-0.2, -0.15) is 0 Å². The lowest BCUT2D eigenvalue weighted by Crippen LogP contribution is -2.37. The fourth-order valence-electron chi connectivity index (χ4n) is 2.06. The Labute approximate surface area is 122 Å². The van der Waals surface area contributed by atoms with Crippen LogP contribution in [0, 0.1) is 0 Å². The summed E-state index contributed by atoms with van der Waals surface area (Å²) in [5.41, 5.74) is 5.08. The van der Waals surface area contributed by atoms with Crippen molar-refractivity contribution in [2.45, 2.75) is 39.2 Å². The molecule has 21 heavy (non-hydrogen) atoms. The second-order valence-electron chi connectivity index (χ2n) is 4.92. The first-order valence-corrected chi connectivity index (χ1v) is 6.94. The van der Waals surface area contributed by atoms with Crippen molar-refractivity contribution in [1.29, 1.82) is 0 Å². The Kier molecular flexibility index (Phi) is 6.01. The molecule has 1 aromatic heterocycles. The summed E-state index contributed by atoms with van der Waals surface area (Å²) in [4.78, 5) is 38.0. The topological polar surface area (TPSA) is 121 Å². The quantitative estimate of drug-likeness (QED) is 0.631. The van der Waals surface area contributed by atoms with E-state index in [1.807, 2.05) is 6.92 Å². The van der Waals surface area contributed by atoms with Crippen LogP contribution in [0.4, 0.5) is 11.5 Å². The van der Waals surface area contributed by atoms with Crippen molar-refractivity contribution in [1.82, 2.24) is 9.55 Å². The molecular formula is C13H22N4O4. The third-order valence-corrected chi connectivity index (χ3v) is 3.22. The lowest BCUT2D eigenvalue weighted by molar-refractivity contribution is -0.137. The molecule has 0 saturated carbocycles. The van der Waals surface area contributed by atoms with Crippen LogP contribution in [0.1, 0.15) is 32.6 Å². The van der Waals surface area contributed by atoms with E-state index in [4.69, 9.17) is 10.8 Å². The van der Waals surface area contributed by atoms with Crippen molar-refractivity contribution in [3.05, 3.63) is 20.8 Å². The van der Waals surface area contributed by atoms with Gasteiger partial charge in [0.15, 0.2) is 0 Å². The first-order valence-electron chi connectivity index (χ1n) is 6.94. The highest BCUT2D eigenvalue weighted by Crippen LogP contribution is 2.15. The van der Waals surface area contributed by atoms with Gasteiger partial charge in [0.25, 0.3) is 5.56 Å². The zero-order valence-electron chi connectivity index (χ0n) is 12.4. The van der Waals surface area contributed by atoms with Gasteiger partial charge in [0.1, 0.15) is 11.5 Å². The van der Waals surface area contributed by atoms with Crippen molar-refractivity contribution in [3.8, 4) is 0 Å². The minimum absolute atomic E-state index is 0.0115. The lowest BCUT2D eigenvalue weighted by Gasteiger charge is -2.21. The number of aliphatic carboxylic acids is 1. The van der Waals surface area contributed by atoms with E-state index in [-0.39, 0.29) is 17.9 Å². The Hall–Kier alpha value is -2.25. The highest BCUT2D eigenvalue weighted by atomic mass is 16.4. The molecule has 0 radical (unpaired) electrons. The lowest BCUT2D eigenvalue weighted by atomic mass is 10.3. The number of nitrogens with zero attached hydrogens (tertiary/aromatic N) is 2. The van der Waals surface area contributed by atoms with E-state index in [0.717, 1.165) is 12.8 Å². The third kappa shape index (κ3) is 4.37. The molecule has 0 aliphatic heterocycles. The monoisotopic (exact) mass is 298 g/mol. The number of carboxylic acid groups (broad SMARTS) is 1. The summed E-state index contributed by atoms with van der Waals surface area (Å²) >= 11 is 0. The van der Waals surface area contributed by atoms with Crippen LogP contribution in [-0.4, -0.2) is 34.2 Å². The molecule has 1 rings (SSSR count). The molecule has 8 heteroatoms. The number of hydrogen-bond donors (Lipinski definition) is 3. The number of aromatic amines is 1. The number of anilines is 2. The molecule has 0 saturated heterocycles. The van der Waals surface area contributed by atoms with Crippen molar-refractivity contribution in [2.75, 3.05) is 24.2 Å². The van der Waals surface area contributed by atoms with Gasteiger partial charge < -0.3 is 15.7 Å². The molecule has 0 spiro atoms. The van der Waals surface area contributed by atoms with Gasteiger partial charge in [0, 0.05) is 26.6 Å². The summed E-state index contributed by atoms with van der Waals surface area (Å²) in [6, 6.07) is 0. The predicted octanol–water partition coefficient (Wildman–Crippen LogP) is 0.220. The first-order chi connectivity index (χ1) is 9.88. The summed E-state index contributed by atoms with van der Waals surface area (Å²) in [6.45, 7) is 2.80. The Morgan fingerprint density at radius 3 is 2.62 bits per heavy atom. The summed E-state index contributed by atoms with van der Waals surface area (Å²) in [6.07, 6.45) is 2.07. The Morgan fingerprint density at radius 1 is 1.38 bits per heavy atom. The van der Waals surface area contributed by atoms with Crippen LogP contribution in [0.15, 0.2) is 9.59 Å². The van der Waals surface area contributed by atoms with Crippen LogP contribution in [-0.2, 0) is 11.3 Å². The van der Waals surface area contributed by atoms with E-state index in [1.165, 1.54) is 4.57 Å². The average molecular weight is 298 g/mol. The maximum atomic E-state index is 11.9. The van der Waals surface area contributed by atoms with E-state index < -0.39 is 17.2 Å². The Bertz CT molecular complexity index is 605. The summed E-state index contributed by atoms with van der Waals surface area (Å²) < 4.78 is 1.34. The van der Waals surface area contributed by atoms with Gasteiger partial charge in [-0.05, 0) is 12.8 Å². The van der Waals surface area contributed by atoms with Crippen molar-refractivity contribution in [3.63, 3.8) is 0 Å². The zero-order chi connectivity index (χ0) is 16.0. The Morgan fingerprint density at radius 2 is 2.05 bits per heavy atom. The average Bonchev–Trinajstić information content (AvgIpc) is 2.37. The van der Waals surface area contributed by atoms with Crippen LogP contribution >= 0.6 is 0 Å². The molecule has 8 nitrogen and oxygen atoms in total. The van der Waals surface area contributed by atoms with Crippen molar-refractivity contribution >= 4 is 17.5 Å². The van der Waals surface area contributed by atoms with Gasteiger partial charge >= 0.3 is 11.7 Å².